The summed E-state index contributed by atoms with van der Waals surface area (Å²) < 4.78 is 5.53. The summed E-state index contributed by atoms with van der Waals surface area (Å²) in [6.07, 6.45) is 8.26. The SMILES string of the molecule is COC1CCN[C@H](C2(C)C=Cc3scnc3C2)C1. The quantitative estimate of drug-likeness (QED) is 0.891. The zero-order valence-corrected chi connectivity index (χ0v) is 11.8. The van der Waals surface area contributed by atoms with E-state index in [-0.39, 0.29) is 5.41 Å². The van der Waals surface area contributed by atoms with E-state index in [2.05, 4.69) is 29.4 Å². The summed E-state index contributed by atoms with van der Waals surface area (Å²) in [5.74, 6) is 0. The Morgan fingerprint density at radius 2 is 2.44 bits per heavy atom. The third kappa shape index (κ3) is 2.13. The molecule has 0 aromatic carbocycles. The second-order valence-corrected chi connectivity index (χ2v) is 6.45. The summed E-state index contributed by atoms with van der Waals surface area (Å²) in [5, 5.41) is 3.66. The molecular formula is C14H20N2OS. The first-order chi connectivity index (χ1) is 8.71. The third-order valence-corrected chi connectivity index (χ3v) is 5.16. The Kier molecular flexibility index (Phi) is 3.26. The molecular weight excluding hydrogens is 244 g/mol. The Bertz CT molecular complexity index is 456. The maximum Gasteiger partial charge on any atom is 0.0801 e. The smallest absolute Gasteiger partial charge is 0.0801 e. The number of piperidine rings is 1. The lowest BCUT2D eigenvalue weighted by atomic mass is 9.72. The predicted molar refractivity (Wildman–Crippen MR) is 74.8 cm³/mol. The van der Waals surface area contributed by atoms with Crippen LogP contribution in [0.3, 0.4) is 0 Å². The largest absolute Gasteiger partial charge is 0.381 e. The Morgan fingerprint density at radius 3 is 3.28 bits per heavy atom. The van der Waals surface area contributed by atoms with Crippen LogP contribution in [0.5, 0.6) is 0 Å². The highest BCUT2D eigenvalue weighted by Crippen LogP contribution is 2.38. The van der Waals surface area contributed by atoms with Crippen molar-refractivity contribution in [3.63, 3.8) is 0 Å². The van der Waals surface area contributed by atoms with Crippen molar-refractivity contribution in [3.05, 3.63) is 22.2 Å². The van der Waals surface area contributed by atoms with Gasteiger partial charge in [0.2, 0.25) is 0 Å². The molecule has 2 unspecified atom stereocenters. The van der Waals surface area contributed by atoms with E-state index in [1.807, 2.05) is 12.6 Å². The molecule has 3 rings (SSSR count). The molecule has 0 spiro atoms. The van der Waals surface area contributed by atoms with Crippen LogP contribution in [-0.4, -0.2) is 30.8 Å². The third-order valence-electron chi connectivity index (χ3n) is 4.32. The van der Waals surface area contributed by atoms with E-state index in [4.69, 9.17) is 4.74 Å². The molecule has 1 fully saturated rings. The molecule has 2 aliphatic rings. The highest BCUT2D eigenvalue weighted by atomic mass is 32.1. The normalized spacial score (nSPS) is 35.4. The molecule has 1 aromatic heterocycles. The van der Waals surface area contributed by atoms with Crippen molar-refractivity contribution in [1.29, 1.82) is 0 Å². The van der Waals surface area contributed by atoms with E-state index >= 15 is 0 Å². The van der Waals surface area contributed by atoms with Crippen LogP contribution >= 0.6 is 11.3 Å². The van der Waals surface area contributed by atoms with Gasteiger partial charge in [0.05, 0.1) is 17.3 Å². The van der Waals surface area contributed by atoms with Gasteiger partial charge in [-0.3, -0.25) is 0 Å². The van der Waals surface area contributed by atoms with Crippen molar-refractivity contribution in [3.8, 4) is 0 Å². The van der Waals surface area contributed by atoms with Gasteiger partial charge in [-0.05, 0) is 25.5 Å². The molecule has 18 heavy (non-hydrogen) atoms. The molecule has 1 aromatic rings. The highest BCUT2D eigenvalue weighted by molar-refractivity contribution is 7.10. The van der Waals surface area contributed by atoms with Gasteiger partial charge in [-0.1, -0.05) is 13.0 Å². The monoisotopic (exact) mass is 264 g/mol. The van der Waals surface area contributed by atoms with Gasteiger partial charge in [0.25, 0.3) is 0 Å². The molecule has 3 atom stereocenters. The van der Waals surface area contributed by atoms with Gasteiger partial charge in [-0.25, -0.2) is 4.98 Å². The Hall–Kier alpha value is -0.710. The molecule has 98 valence electrons. The van der Waals surface area contributed by atoms with Crippen molar-refractivity contribution in [2.75, 3.05) is 13.7 Å². The van der Waals surface area contributed by atoms with Crippen molar-refractivity contribution >= 4 is 17.4 Å². The van der Waals surface area contributed by atoms with Crippen LogP contribution in [0.4, 0.5) is 0 Å². The molecule has 1 N–H and O–H groups in total. The molecule has 2 heterocycles. The van der Waals surface area contributed by atoms with Crippen LogP contribution in [0.25, 0.3) is 6.08 Å². The van der Waals surface area contributed by atoms with Gasteiger partial charge in [-0.15, -0.1) is 11.3 Å². The number of thiazole rings is 1. The van der Waals surface area contributed by atoms with Crippen molar-refractivity contribution in [1.82, 2.24) is 10.3 Å². The molecule has 1 aliphatic carbocycles. The van der Waals surface area contributed by atoms with Crippen molar-refractivity contribution < 1.29 is 4.74 Å². The van der Waals surface area contributed by atoms with E-state index < -0.39 is 0 Å². The molecule has 3 nitrogen and oxygen atoms in total. The Balaban J connectivity index is 1.79. The number of aromatic nitrogens is 1. The molecule has 0 bridgehead atoms. The van der Waals surface area contributed by atoms with Gasteiger partial charge < -0.3 is 10.1 Å². The average Bonchev–Trinajstić information content (AvgIpc) is 2.86. The number of methoxy groups -OCH3 is 1. The standard InChI is InChI=1S/C14H20N2OS/c1-14(13-7-10(17-2)4-6-15-13)5-3-12-11(8-14)16-9-18-12/h3,5,9-10,13,15H,4,6-8H2,1-2H3/t10?,13-,14?/m0/s1. The maximum absolute atomic E-state index is 5.53. The van der Waals surface area contributed by atoms with Gasteiger partial charge in [0.15, 0.2) is 0 Å². The summed E-state index contributed by atoms with van der Waals surface area (Å²) in [6, 6.07) is 0.488. The number of ether oxygens (including phenoxy) is 1. The molecule has 0 radical (unpaired) electrons. The van der Waals surface area contributed by atoms with Crippen LogP contribution in [0, 0.1) is 5.41 Å². The second-order valence-electron chi connectivity index (χ2n) is 5.57. The van der Waals surface area contributed by atoms with E-state index in [1.165, 1.54) is 10.6 Å². The van der Waals surface area contributed by atoms with E-state index in [0.717, 1.165) is 25.8 Å². The lowest BCUT2D eigenvalue weighted by molar-refractivity contribution is 0.0433. The Labute approximate surface area is 112 Å². The minimum atomic E-state index is 0.165. The Morgan fingerprint density at radius 1 is 1.56 bits per heavy atom. The first-order valence-corrected chi connectivity index (χ1v) is 7.47. The number of rotatable bonds is 2. The predicted octanol–water partition coefficient (Wildman–Crippen LogP) is 2.49. The molecule has 4 heteroatoms. The van der Waals surface area contributed by atoms with Crippen molar-refractivity contribution in [2.45, 2.75) is 38.3 Å². The summed E-state index contributed by atoms with van der Waals surface area (Å²) in [5.41, 5.74) is 3.37. The van der Waals surface area contributed by atoms with E-state index in [9.17, 15) is 0 Å². The first kappa shape index (κ1) is 12.3. The van der Waals surface area contributed by atoms with Crippen molar-refractivity contribution in [2.24, 2.45) is 5.41 Å². The summed E-state index contributed by atoms with van der Waals surface area (Å²) in [4.78, 5) is 5.82. The summed E-state index contributed by atoms with van der Waals surface area (Å²) >= 11 is 1.73. The fourth-order valence-corrected chi connectivity index (χ4v) is 3.77. The zero-order valence-electron chi connectivity index (χ0n) is 11.0. The zero-order chi connectivity index (χ0) is 12.6. The molecule has 1 saturated heterocycles. The fraction of sp³-hybridized carbons (Fsp3) is 0.643. The molecule has 0 saturated carbocycles. The maximum atomic E-state index is 5.53. The van der Waals surface area contributed by atoms with E-state index in [1.54, 1.807) is 11.3 Å². The van der Waals surface area contributed by atoms with Gasteiger partial charge in [0.1, 0.15) is 0 Å². The molecule has 1 aliphatic heterocycles. The van der Waals surface area contributed by atoms with Crippen LogP contribution in [0.1, 0.15) is 30.3 Å². The fourth-order valence-electron chi connectivity index (χ4n) is 3.07. The topological polar surface area (TPSA) is 34.1 Å². The van der Waals surface area contributed by atoms with Gasteiger partial charge >= 0.3 is 0 Å². The highest BCUT2D eigenvalue weighted by Gasteiger charge is 2.38. The summed E-state index contributed by atoms with van der Waals surface area (Å²) in [7, 11) is 1.82. The first-order valence-electron chi connectivity index (χ1n) is 6.59. The number of nitrogens with one attached hydrogen (secondary N) is 1. The number of fused-ring (bicyclic) bond motifs is 1. The van der Waals surface area contributed by atoms with Gasteiger partial charge in [-0.2, -0.15) is 0 Å². The van der Waals surface area contributed by atoms with Crippen LogP contribution in [0.15, 0.2) is 11.6 Å². The minimum absolute atomic E-state index is 0.165. The lowest BCUT2D eigenvalue weighted by Crippen LogP contribution is -2.51. The lowest BCUT2D eigenvalue weighted by Gasteiger charge is -2.41. The second kappa shape index (κ2) is 4.76. The van der Waals surface area contributed by atoms with Gasteiger partial charge in [0, 0.05) is 29.9 Å². The average molecular weight is 264 g/mol. The number of nitrogens with zero attached hydrogens (tertiary/aromatic N) is 1. The number of hydrogen-bond acceptors (Lipinski definition) is 4. The summed E-state index contributed by atoms with van der Waals surface area (Å²) in [6.45, 7) is 3.39. The van der Waals surface area contributed by atoms with Crippen LogP contribution < -0.4 is 5.32 Å². The van der Waals surface area contributed by atoms with Crippen LogP contribution in [0.2, 0.25) is 0 Å². The number of hydrogen-bond donors (Lipinski definition) is 1. The van der Waals surface area contributed by atoms with E-state index in [0.29, 0.717) is 12.1 Å². The minimum Gasteiger partial charge on any atom is -0.381 e. The molecule has 0 amide bonds. The van der Waals surface area contributed by atoms with Crippen LogP contribution in [-0.2, 0) is 11.2 Å².